The molecule has 0 atom stereocenters. The molecule has 0 heterocycles. The molecule has 1 saturated carbocycles. The number of rotatable bonds is 2. The molecule has 0 amide bonds. The quantitative estimate of drug-likeness (QED) is 0.595. The molecule has 2 rings (SSSR count). The highest BCUT2D eigenvalue weighted by molar-refractivity contribution is 9.10. The molecule has 0 aromatic heterocycles. The molecule has 0 unspecified atom stereocenters. The number of aliphatic imine (C=N–C) groups is 1. The Kier molecular flexibility index (Phi) is 2.76. The molecule has 1 aromatic rings. The van der Waals surface area contributed by atoms with Crippen molar-refractivity contribution in [3.05, 3.63) is 33.8 Å². The summed E-state index contributed by atoms with van der Waals surface area (Å²) in [7, 11) is 0. The summed E-state index contributed by atoms with van der Waals surface area (Å²) in [6, 6.07) is 6.13. The maximum atomic E-state index is 10.5. The molecule has 0 spiro atoms. The molecule has 1 aromatic carbocycles. The summed E-state index contributed by atoms with van der Waals surface area (Å²) in [6.45, 7) is 2.06. The minimum absolute atomic E-state index is 0.282. The maximum Gasteiger partial charge on any atom is 0.235 e. The highest BCUT2D eigenvalue weighted by atomic mass is 79.9. The first-order valence-corrected chi connectivity index (χ1v) is 5.83. The highest BCUT2D eigenvalue weighted by Gasteiger charge is 2.39. The van der Waals surface area contributed by atoms with Crippen LogP contribution in [0.5, 0.6) is 0 Å². The first kappa shape index (κ1) is 10.6. The second-order valence-electron chi connectivity index (χ2n) is 4.05. The number of isocyanates is 1. The number of halogens is 1. The Morgan fingerprint density at radius 3 is 2.73 bits per heavy atom. The van der Waals surface area contributed by atoms with Gasteiger partial charge in [0.1, 0.15) is 0 Å². The number of nitrogens with zero attached hydrogens (tertiary/aromatic N) is 1. The average Bonchev–Trinajstić information content (AvgIpc) is 2.16. The van der Waals surface area contributed by atoms with Crippen LogP contribution in [0.2, 0.25) is 0 Å². The monoisotopic (exact) mass is 265 g/mol. The zero-order valence-corrected chi connectivity index (χ0v) is 10.2. The van der Waals surface area contributed by atoms with Crippen molar-refractivity contribution in [2.24, 2.45) is 4.99 Å². The van der Waals surface area contributed by atoms with Crippen molar-refractivity contribution in [3.8, 4) is 0 Å². The number of carbonyl (C=O) groups excluding carboxylic acids is 1. The van der Waals surface area contributed by atoms with E-state index in [-0.39, 0.29) is 5.54 Å². The van der Waals surface area contributed by atoms with E-state index < -0.39 is 0 Å². The van der Waals surface area contributed by atoms with Gasteiger partial charge in [0, 0.05) is 4.47 Å². The van der Waals surface area contributed by atoms with Crippen molar-refractivity contribution < 1.29 is 4.79 Å². The first-order chi connectivity index (χ1) is 7.18. The predicted octanol–water partition coefficient (Wildman–Crippen LogP) is 3.47. The van der Waals surface area contributed by atoms with Crippen molar-refractivity contribution in [1.29, 1.82) is 0 Å². The van der Waals surface area contributed by atoms with E-state index in [0.29, 0.717) is 0 Å². The Morgan fingerprint density at radius 1 is 1.47 bits per heavy atom. The van der Waals surface area contributed by atoms with Gasteiger partial charge in [-0.3, -0.25) is 0 Å². The maximum absolute atomic E-state index is 10.5. The molecule has 1 aliphatic carbocycles. The summed E-state index contributed by atoms with van der Waals surface area (Å²) in [5.74, 6) is 0. The molecule has 1 aliphatic rings. The largest absolute Gasteiger partial charge is 0.235 e. The van der Waals surface area contributed by atoms with Crippen LogP contribution in [0.1, 0.15) is 30.4 Å². The van der Waals surface area contributed by atoms with Gasteiger partial charge in [-0.05, 0) is 49.4 Å². The lowest BCUT2D eigenvalue weighted by atomic mass is 9.71. The molecule has 3 heteroatoms. The summed E-state index contributed by atoms with van der Waals surface area (Å²) in [5.41, 5.74) is 2.07. The van der Waals surface area contributed by atoms with Crippen LogP contribution in [0, 0.1) is 6.92 Å². The van der Waals surface area contributed by atoms with Gasteiger partial charge in [-0.2, -0.15) is 4.99 Å². The van der Waals surface area contributed by atoms with Crippen LogP contribution < -0.4 is 0 Å². The fourth-order valence-electron chi connectivity index (χ4n) is 2.14. The van der Waals surface area contributed by atoms with Crippen LogP contribution in [0.3, 0.4) is 0 Å². The van der Waals surface area contributed by atoms with Crippen molar-refractivity contribution in [2.45, 2.75) is 31.7 Å². The van der Waals surface area contributed by atoms with Crippen molar-refractivity contribution in [2.75, 3.05) is 0 Å². The van der Waals surface area contributed by atoms with Crippen LogP contribution in [0.25, 0.3) is 0 Å². The van der Waals surface area contributed by atoms with Crippen LogP contribution in [0.15, 0.2) is 27.7 Å². The number of benzene rings is 1. The van der Waals surface area contributed by atoms with Crippen LogP contribution in [-0.4, -0.2) is 6.08 Å². The molecule has 0 aliphatic heterocycles. The summed E-state index contributed by atoms with van der Waals surface area (Å²) < 4.78 is 1.04. The van der Waals surface area contributed by atoms with Gasteiger partial charge < -0.3 is 0 Å². The predicted molar refractivity (Wildman–Crippen MR) is 62.5 cm³/mol. The summed E-state index contributed by atoms with van der Waals surface area (Å²) >= 11 is 3.45. The topological polar surface area (TPSA) is 29.4 Å². The zero-order valence-electron chi connectivity index (χ0n) is 8.59. The van der Waals surface area contributed by atoms with Crippen molar-refractivity contribution >= 4 is 22.0 Å². The van der Waals surface area contributed by atoms with E-state index in [1.807, 2.05) is 6.07 Å². The third-order valence-corrected chi connectivity index (χ3v) is 3.63. The van der Waals surface area contributed by atoms with E-state index in [9.17, 15) is 4.79 Å². The lowest BCUT2D eigenvalue weighted by Gasteiger charge is -2.38. The van der Waals surface area contributed by atoms with Gasteiger partial charge in [0.15, 0.2) is 0 Å². The summed E-state index contributed by atoms with van der Waals surface area (Å²) in [6.07, 6.45) is 4.77. The van der Waals surface area contributed by atoms with Crippen molar-refractivity contribution in [1.82, 2.24) is 0 Å². The van der Waals surface area contributed by atoms with Crippen LogP contribution >= 0.6 is 15.9 Å². The average molecular weight is 266 g/mol. The van der Waals surface area contributed by atoms with Gasteiger partial charge in [-0.1, -0.05) is 22.0 Å². The Bertz CT molecular complexity index is 431. The smallest absolute Gasteiger partial charge is 0.211 e. The highest BCUT2D eigenvalue weighted by Crippen LogP contribution is 2.46. The molecule has 1 fully saturated rings. The standard InChI is InChI=1S/C12H12BrNO/c1-9-3-4-10(13)7-11(9)12(14-8-15)5-2-6-12/h3-4,7H,2,5-6H2,1H3. The van der Waals surface area contributed by atoms with Gasteiger partial charge in [-0.15, -0.1) is 0 Å². The Balaban J connectivity index is 2.51. The van der Waals surface area contributed by atoms with E-state index in [1.165, 1.54) is 5.56 Å². The minimum atomic E-state index is -0.282. The Hall–Kier alpha value is -0.920. The van der Waals surface area contributed by atoms with E-state index in [2.05, 4.69) is 40.0 Å². The SMILES string of the molecule is Cc1ccc(Br)cc1C1(N=C=O)CCC1. The van der Waals surface area contributed by atoms with Crippen LogP contribution in [0.4, 0.5) is 0 Å². The normalized spacial score (nSPS) is 17.7. The fourth-order valence-corrected chi connectivity index (χ4v) is 2.50. The third-order valence-electron chi connectivity index (χ3n) is 3.14. The van der Waals surface area contributed by atoms with Gasteiger partial charge in [-0.25, -0.2) is 4.79 Å². The number of hydrogen-bond donors (Lipinski definition) is 0. The molecule has 0 radical (unpaired) electrons. The molecular formula is C12H12BrNO. The van der Waals surface area contributed by atoms with Gasteiger partial charge >= 0.3 is 0 Å². The molecule has 0 bridgehead atoms. The second kappa shape index (κ2) is 3.92. The Morgan fingerprint density at radius 2 is 2.20 bits per heavy atom. The molecule has 2 nitrogen and oxygen atoms in total. The van der Waals surface area contributed by atoms with E-state index in [0.717, 1.165) is 29.3 Å². The Labute approximate surface area is 97.5 Å². The summed E-state index contributed by atoms with van der Waals surface area (Å²) in [4.78, 5) is 14.5. The fraction of sp³-hybridized carbons (Fsp3) is 0.417. The molecular weight excluding hydrogens is 254 g/mol. The van der Waals surface area contributed by atoms with E-state index >= 15 is 0 Å². The first-order valence-electron chi connectivity index (χ1n) is 5.04. The van der Waals surface area contributed by atoms with Crippen molar-refractivity contribution in [3.63, 3.8) is 0 Å². The van der Waals surface area contributed by atoms with Gasteiger partial charge in [0.05, 0.1) is 5.54 Å². The molecule has 0 saturated heterocycles. The summed E-state index contributed by atoms with van der Waals surface area (Å²) in [5, 5.41) is 0. The zero-order chi connectivity index (χ0) is 10.9. The lowest BCUT2D eigenvalue weighted by Crippen LogP contribution is -2.32. The van der Waals surface area contributed by atoms with Gasteiger partial charge in [0.25, 0.3) is 0 Å². The number of hydrogen-bond acceptors (Lipinski definition) is 2. The second-order valence-corrected chi connectivity index (χ2v) is 4.96. The van der Waals surface area contributed by atoms with E-state index in [1.54, 1.807) is 6.08 Å². The third kappa shape index (κ3) is 1.77. The lowest BCUT2D eigenvalue weighted by molar-refractivity contribution is 0.254. The minimum Gasteiger partial charge on any atom is -0.211 e. The van der Waals surface area contributed by atoms with E-state index in [4.69, 9.17) is 0 Å². The number of aryl methyl sites for hydroxylation is 1. The molecule has 78 valence electrons. The van der Waals surface area contributed by atoms with Gasteiger partial charge in [0.2, 0.25) is 6.08 Å². The molecule has 0 N–H and O–H groups in total. The van der Waals surface area contributed by atoms with Crippen LogP contribution in [-0.2, 0) is 10.3 Å². The molecule has 15 heavy (non-hydrogen) atoms.